The highest BCUT2D eigenvalue weighted by atomic mass is 16.6. The van der Waals surface area contributed by atoms with Crippen LogP contribution in [0.2, 0.25) is 0 Å². The average molecular weight is 435 g/mol. The molecule has 0 radical (unpaired) electrons. The smallest absolute Gasteiger partial charge is 0.257 e. The van der Waals surface area contributed by atoms with E-state index in [1.54, 1.807) is 24.3 Å². The summed E-state index contributed by atoms with van der Waals surface area (Å²) in [6.07, 6.45) is 6.52. The van der Waals surface area contributed by atoms with Gasteiger partial charge in [-0.1, -0.05) is 44.0 Å². The Morgan fingerprint density at radius 1 is 1.28 bits per heavy atom. The Morgan fingerprint density at radius 3 is 2.97 bits per heavy atom. The van der Waals surface area contributed by atoms with Crippen molar-refractivity contribution in [2.45, 2.75) is 31.9 Å². The minimum Gasteiger partial charge on any atom is -0.494 e. The van der Waals surface area contributed by atoms with E-state index in [1.165, 1.54) is 6.08 Å². The number of para-hydroxylation sites is 1. The molecule has 9 heteroatoms. The molecule has 1 aliphatic rings. The lowest BCUT2D eigenvalue weighted by Gasteiger charge is -2.33. The Kier molecular flexibility index (Phi) is 6.46. The van der Waals surface area contributed by atoms with Crippen molar-refractivity contribution < 1.29 is 19.0 Å². The van der Waals surface area contributed by atoms with Crippen LogP contribution < -0.4 is 19.9 Å². The molecule has 32 heavy (non-hydrogen) atoms. The quantitative estimate of drug-likeness (QED) is 0.298. The van der Waals surface area contributed by atoms with Gasteiger partial charge in [0.05, 0.1) is 12.2 Å². The number of hydrogen-bond donors (Lipinski definition) is 2. The van der Waals surface area contributed by atoms with Gasteiger partial charge in [0.15, 0.2) is 17.3 Å². The molecule has 166 valence electrons. The maximum absolute atomic E-state index is 13.0. The lowest BCUT2D eigenvalue weighted by Crippen LogP contribution is -2.51. The number of nitrogens with two attached hydrogens (primary N) is 1. The Hall–Kier alpha value is -3.72. The SMILES string of the molecule is CCCCCOc1cccc(C=CC(=O)c2cccc3c2OC(N)(c2nn[nH]n2)CO3)c1. The van der Waals surface area contributed by atoms with Crippen LogP contribution in [0.3, 0.4) is 0 Å². The van der Waals surface area contributed by atoms with Crippen molar-refractivity contribution >= 4 is 11.9 Å². The molecule has 3 N–H and O–H groups in total. The zero-order valence-corrected chi connectivity index (χ0v) is 17.8. The van der Waals surface area contributed by atoms with Gasteiger partial charge in [-0.15, -0.1) is 10.2 Å². The Morgan fingerprint density at radius 2 is 2.16 bits per heavy atom. The number of hydrogen-bond acceptors (Lipinski definition) is 8. The van der Waals surface area contributed by atoms with E-state index in [4.69, 9.17) is 19.9 Å². The molecule has 2 heterocycles. The van der Waals surface area contributed by atoms with E-state index in [-0.39, 0.29) is 24.0 Å². The van der Waals surface area contributed by atoms with Crippen LogP contribution in [0.25, 0.3) is 6.08 Å². The van der Waals surface area contributed by atoms with Crippen LogP contribution >= 0.6 is 0 Å². The van der Waals surface area contributed by atoms with E-state index in [9.17, 15) is 4.79 Å². The molecule has 1 atom stereocenters. The lowest BCUT2D eigenvalue weighted by atomic mass is 10.1. The van der Waals surface area contributed by atoms with E-state index in [0.29, 0.717) is 17.9 Å². The summed E-state index contributed by atoms with van der Waals surface area (Å²) in [4.78, 5) is 13.0. The van der Waals surface area contributed by atoms with Crippen molar-refractivity contribution in [3.05, 3.63) is 65.5 Å². The van der Waals surface area contributed by atoms with Crippen LogP contribution in [-0.4, -0.2) is 39.6 Å². The van der Waals surface area contributed by atoms with E-state index in [1.807, 2.05) is 24.3 Å². The number of nitrogens with zero attached hydrogens (tertiary/aromatic N) is 3. The highest BCUT2D eigenvalue weighted by Gasteiger charge is 2.41. The molecule has 1 aromatic heterocycles. The first kappa shape index (κ1) is 21.5. The van der Waals surface area contributed by atoms with Crippen LogP contribution in [0.15, 0.2) is 48.5 Å². The molecule has 0 bridgehead atoms. The summed E-state index contributed by atoms with van der Waals surface area (Å²) in [5, 5.41) is 13.6. The van der Waals surface area contributed by atoms with Crippen LogP contribution in [0.4, 0.5) is 0 Å². The van der Waals surface area contributed by atoms with Crippen molar-refractivity contribution in [1.82, 2.24) is 20.6 Å². The highest BCUT2D eigenvalue weighted by Crippen LogP contribution is 2.39. The van der Waals surface area contributed by atoms with Gasteiger partial charge in [0.1, 0.15) is 12.4 Å². The number of H-pyrrole nitrogens is 1. The molecule has 4 rings (SSSR count). The number of nitrogens with one attached hydrogen (secondary N) is 1. The number of benzene rings is 2. The summed E-state index contributed by atoms with van der Waals surface area (Å²) in [5.41, 5.74) is 6.00. The predicted molar refractivity (Wildman–Crippen MR) is 117 cm³/mol. The fourth-order valence-corrected chi connectivity index (χ4v) is 3.29. The van der Waals surface area contributed by atoms with Crippen LogP contribution in [0, 0.1) is 0 Å². The molecular formula is C23H25N5O4. The third-order valence-corrected chi connectivity index (χ3v) is 5.00. The summed E-state index contributed by atoms with van der Waals surface area (Å²) in [7, 11) is 0. The number of ketones is 1. The normalized spacial score (nSPS) is 17.4. The second-order valence-corrected chi connectivity index (χ2v) is 7.47. The van der Waals surface area contributed by atoms with E-state index in [0.717, 1.165) is 30.6 Å². The molecule has 0 spiro atoms. The third kappa shape index (κ3) is 4.78. The number of ether oxygens (including phenoxy) is 3. The molecule has 1 aliphatic heterocycles. The summed E-state index contributed by atoms with van der Waals surface area (Å²) >= 11 is 0. The lowest BCUT2D eigenvalue weighted by molar-refractivity contribution is -0.0154. The third-order valence-electron chi connectivity index (χ3n) is 5.00. The van der Waals surface area contributed by atoms with E-state index in [2.05, 4.69) is 27.5 Å². The first-order chi connectivity index (χ1) is 15.6. The van der Waals surface area contributed by atoms with Gasteiger partial charge in [-0.3, -0.25) is 10.5 Å². The molecule has 1 unspecified atom stereocenters. The minimum absolute atomic E-state index is 0.0158. The fraction of sp³-hybridized carbons (Fsp3) is 0.304. The zero-order chi connectivity index (χ0) is 22.4. The van der Waals surface area contributed by atoms with Gasteiger partial charge < -0.3 is 14.2 Å². The van der Waals surface area contributed by atoms with Crippen molar-refractivity contribution in [3.63, 3.8) is 0 Å². The van der Waals surface area contributed by atoms with Gasteiger partial charge in [-0.2, -0.15) is 5.21 Å². The second-order valence-electron chi connectivity index (χ2n) is 7.47. The summed E-state index contributed by atoms with van der Waals surface area (Å²) in [6, 6.07) is 12.7. The fourth-order valence-electron chi connectivity index (χ4n) is 3.29. The minimum atomic E-state index is -1.45. The number of tetrazole rings is 1. The Labute approximate surface area is 185 Å². The number of carbonyl (C=O) groups excluding carboxylic acids is 1. The standard InChI is InChI=1S/C23H25N5O4/c1-2-3-4-13-30-17-8-5-7-16(14-17)11-12-19(29)18-9-6-10-20-21(18)32-23(24,15-31-20)22-25-27-28-26-22/h5-12,14H,2-4,13,15,24H2,1H3,(H,25,26,27,28). The van der Waals surface area contributed by atoms with Crippen molar-refractivity contribution in [2.75, 3.05) is 13.2 Å². The number of aromatic amines is 1. The molecule has 3 aromatic rings. The van der Waals surface area contributed by atoms with Crippen LogP contribution in [-0.2, 0) is 5.72 Å². The number of aromatic nitrogens is 4. The monoisotopic (exact) mass is 435 g/mol. The number of rotatable bonds is 9. The largest absolute Gasteiger partial charge is 0.494 e. The summed E-state index contributed by atoms with van der Waals surface area (Å²) in [6.45, 7) is 2.81. The molecule has 0 saturated carbocycles. The topological polar surface area (TPSA) is 125 Å². The van der Waals surface area contributed by atoms with Crippen molar-refractivity contribution in [3.8, 4) is 17.2 Å². The van der Waals surface area contributed by atoms with Crippen molar-refractivity contribution in [1.29, 1.82) is 0 Å². The van der Waals surface area contributed by atoms with Gasteiger partial charge >= 0.3 is 0 Å². The van der Waals surface area contributed by atoms with Gasteiger partial charge in [-0.25, -0.2) is 0 Å². The number of unbranched alkanes of at least 4 members (excludes halogenated alkanes) is 2. The molecule has 0 aliphatic carbocycles. The number of carbonyl (C=O) groups is 1. The Balaban J connectivity index is 1.50. The van der Waals surface area contributed by atoms with Crippen molar-refractivity contribution in [2.24, 2.45) is 5.73 Å². The molecule has 2 aromatic carbocycles. The molecule has 0 amide bonds. The summed E-state index contributed by atoms with van der Waals surface area (Å²) < 4.78 is 17.5. The maximum atomic E-state index is 13.0. The Bertz CT molecular complexity index is 1100. The van der Waals surface area contributed by atoms with E-state index >= 15 is 0 Å². The van der Waals surface area contributed by atoms with E-state index < -0.39 is 5.72 Å². The highest BCUT2D eigenvalue weighted by molar-refractivity contribution is 6.09. The first-order valence-electron chi connectivity index (χ1n) is 10.5. The molecular weight excluding hydrogens is 410 g/mol. The molecule has 0 fully saturated rings. The van der Waals surface area contributed by atoms with Crippen LogP contribution in [0.5, 0.6) is 17.2 Å². The summed E-state index contributed by atoms with van der Waals surface area (Å²) in [5.74, 6) is 1.33. The van der Waals surface area contributed by atoms with Gasteiger partial charge in [0.25, 0.3) is 5.72 Å². The predicted octanol–water partition coefficient (Wildman–Crippen LogP) is 3.25. The molecule has 9 nitrogen and oxygen atoms in total. The number of fused-ring (bicyclic) bond motifs is 1. The zero-order valence-electron chi connectivity index (χ0n) is 17.8. The van der Waals surface area contributed by atoms with Gasteiger partial charge in [0, 0.05) is 0 Å². The molecule has 0 saturated heterocycles. The second kappa shape index (κ2) is 9.61. The van der Waals surface area contributed by atoms with Gasteiger partial charge in [0.2, 0.25) is 5.82 Å². The van der Waals surface area contributed by atoms with Crippen LogP contribution in [0.1, 0.15) is 47.9 Å². The number of allylic oxidation sites excluding steroid dienone is 1. The maximum Gasteiger partial charge on any atom is 0.257 e. The van der Waals surface area contributed by atoms with Gasteiger partial charge in [-0.05, 0) is 47.5 Å². The first-order valence-corrected chi connectivity index (χ1v) is 10.5. The average Bonchev–Trinajstić information content (AvgIpc) is 3.36.